The third kappa shape index (κ3) is 2.15. The van der Waals surface area contributed by atoms with Gasteiger partial charge in [-0.2, -0.15) is 0 Å². The average molecular weight is 297 g/mol. The van der Waals surface area contributed by atoms with Crippen molar-refractivity contribution in [2.24, 2.45) is 5.41 Å². The Morgan fingerprint density at radius 2 is 2.18 bits per heavy atom. The van der Waals surface area contributed by atoms with E-state index in [2.05, 4.69) is 39.7 Å². The summed E-state index contributed by atoms with van der Waals surface area (Å²) in [7, 11) is 0. The molecule has 0 spiro atoms. The molecule has 3 nitrogen and oxygen atoms in total. The van der Waals surface area contributed by atoms with E-state index in [1.54, 1.807) is 0 Å². The zero-order valence-electron chi connectivity index (χ0n) is 10.2. The average Bonchev–Trinajstić information content (AvgIpc) is 3.11. The number of amides is 1. The van der Waals surface area contributed by atoms with E-state index in [1.165, 1.54) is 12.8 Å². The number of nitrogens with zero attached hydrogens (tertiary/aromatic N) is 1. The van der Waals surface area contributed by atoms with E-state index in [4.69, 9.17) is 0 Å². The van der Waals surface area contributed by atoms with Gasteiger partial charge in [0.05, 0.1) is 0 Å². The van der Waals surface area contributed by atoms with E-state index < -0.39 is 0 Å². The van der Waals surface area contributed by atoms with Gasteiger partial charge >= 0.3 is 0 Å². The first-order valence-corrected chi connectivity index (χ1v) is 6.95. The van der Waals surface area contributed by atoms with E-state index in [0.717, 1.165) is 16.6 Å². The van der Waals surface area contributed by atoms with Gasteiger partial charge in [-0.1, -0.05) is 13.8 Å². The Balaban J connectivity index is 1.76. The van der Waals surface area contributed by atoms with E-state index in [9.17, 15) is 4.79 Å². The van der Waals surface area contributed by atoms with Crippen LogP contribution in [0.25, 0.3) is 0 Å². The lowest BCUT2D eigenvalue weighted by Gasteiger charge is -2.09. The van der Waals surface area contributed by atoms with Crippen molar-refractivity contribution in [1.29, 1.82) is 0 Å². The van der Waals surface area contributed by atoms with Crippen LogP contribution in [0, 0.1) is 5.41 Å². The Kier molecular flexibility index (Phi) is 2.41. The molecule has 2 aliphatic rings. The van der Waals surface area contributed by atoms with Crippen LogP contribution in [-0.2, 0) is 0 Å². The third-order valence-electron chi connectivity index (χ3n) is 3.81. The van der Waals surface area contributed by atoms with Crippen LogP contribution >= 0.6 is 15.9 Å². The normalized spacial score (nSPS) is 25.7. The van der Waals surface area contributed by atoms with Crippen LogP contribution in [0.15, 0.2) is 16.7 Å². The van der Waals surface area contributed by atoms with Crippen molar-refractivity contribution >= 4 is 21.8 Å². The van der Waals surface area contributed by atoms with E-state index in [-0.39, 0.29) is 11.3 Å². The fraction of sp³-hybridized carbons (Fsp3) is 0.615. The number of carbonyl (C=O) groups excluding carboxylic acids is 1. The van der Waals surface area contributed by atoms with E-state index in [0.29, 0.717) is 12.1 Å². The lowest BCUT2D eigenvalue weighted by atomic mass is 10.2. The van der Waals surface area contributed by atoms with Crippen LogP contribution < -0.4 is 5.32 Å². The molecule has 2 fully saturated rings. The lowest BCUT2D eigenvalue weighted by molar-refractivity contribution is 0.0937. The molecule has 2 aliphatic carbocycles. The zero-order chi connectivity index (χ0) is 12.2. The highest BCUT2D eigenvalue weighted by Gasteiger charge is 2.47. The van der Waals surface area contributed by atoms with Gasteiger partial charge in [-0.05, 0) is 46.7 Å². The zero-order valence-corrected chi connectivity index (χ0v) is 11.8. The summed E-state index contributed by atoms with van der Waals surface area (Å²) in [6.07, 6.45) is 5.49. The molecular weight excluding hydrogens is 280 g/mol. The van der Waals surface area contributed by atoms with Crippen molar-refractivity contribution < 1.29 is 4.79 Å². The molecule has 0 aliphatic heterocycles. The maximum absolute atomic E-state index is 12.2. The summed E-state index contributed by atoms with van der Waals surface area (Å²) < 4.78 is 3.10. The first-order chi connectivity index (χ1) is 7.97. The molecule has 0 radical (unpaired) electrons. The van der Waals surface area contributed by atoms with Crippen LogP contribution in [0.1, 0.15) is 49.6 Å². The maximum Gasteiger partial charge on any atom is 0.268 e. The largest absolute Gasteiger partial charge is 0.347 e. The van der Waals surface area contributed by atoms with Gasteiger partial charge in [-0.25, -0.2) is 0 Å². The Bertz CT molecular complexity index is 474. The molecule has 3 rings (SSSR count). The molecular formula is C13H17BrN2O. The van der Waals surface area contributed by atoms with Gasteiger partial charge in [-0.3, -0.25) is 4.79 Å². The minimum absolute atomic E-state index is 0.0678. The Morgan fingerprint density at radius 3 is 2.71 bits per heavy atom. The minimum atomic E-state index is 0.0678. The highest BCUT2D eigenvalue weighted by atomic mass is 79.9. The number of carbonyl (C=O) groups is 1. The first kappa shape index (κ1) is 11.3. The van der Waals surface area contributed by atoms with E-state index >= 15 is 0 Å². The highest BCUT2D eigenvalue weighted by molar-refractivity contribution is 9.10. The molecule has 1 N–H and O–H groups in total. The van der Waals surface area contributed by atoms with Gasteiger partial charge in [-0.15, -0.1) is 0 Å². The monoisotopic (exact) mass is 296 g/mol. The predicted octanol–water partition coefficient (Wildman–Crippen LogP) is 3.11. The van der Waals surface area contributed by atoms with Crippen molar-refractivity contribution in [3.8, 4) is 0 Å². The molecule has 1 amide bonds. The quantitative estimate of drug-likeness (QED) is 0.914. The summed E-state index contributed by atoms with van der Waals surface area (Å²) in [6.45, 7) is 4.38. The molecule has 4 heteroatoms. The molecule has 1 aromatic rings. The summed E-state index contributed by atoms with van der Waals surface area (Å²) in [6, 6.07) is 2.80. The molecule has 0 saturated heterocycles. The van der Waals surface area contributed by atoms with Crippen molar-refractivity contribution in [3.05, 3.63) is 22.4 Å². The van der Waals surface area contributed by atoms with Gasteiger partial charge in [0.15, 0.2) is 0 Å². The van der Waals surface area contributed by atoms with Crippen LogP contribution in [-0.4, -0.2) is 16.5 Å². The van der Waals surface area contributed by atoms with Gasteiger partial charge in [0, 0.05) is 22.8 Å². The van der Waals surface area contributed by atoms with Crippen molar-refractivity contribution in [3.63, 3.8) is 0 Å². The highest BCUT2D eigenvalue weighted by Crippen LogP contribution is 2.45. The van der Waals surface area contributed by atoms with Crippen LogP contribution in [0.3, 0.4) is 0 Å². The molecule has 0 bridgehead atoms. The predicted molar refractivity (Wildman–Crippen MR) is 70.1 cm³/mol. The molecule has 1 atom stereocenters. The summed E-state index contributed by atoms with van der Waals surface area (Å²) in [4.78, 5) is 12.2. The fourth-order valence-electron chi connectivity index (χ4n) is 2.23. The molecule has 2 saturated carbocycles. The molecule has 1 aromatic heterocycles. The van der Waals surface area contributed by atoms with Crippen LogP contribution in [0.5, 0.6) is 0 Å². The van der Waals surface area contributed by atoms with Gasteiger partial charge in [0.1, 0.15) is 5.69 Å². The van der Waals surface area contributed by atoms with Crippen molar-refractivity contribution in [1.82, 2.24) is 9.88 Å². The van der Waals surface area contributed by atoms with Gasteiger partial charge < -0.3 is 9.88 Å². The molecule has 17 heavy (non-hydrogen) atoms. The summed E-state index contributed by atoms with van der Waals surface area (Å²) in [5, 5.41) is 3.12. The number of halogens is 1. The maximum atomic E-state index is 12.2. The number of hydrogen-bond acceptors (Lipinski definition) is 1. The molecule has 0 aromatic carbocycles. The molecule has 1 heterocycles. The number of aromatic nitrogens is 1. The summed E-state index contributed by atoms with van der Waals surface area (Å²) in [5.41, 5.74) is 1.08. The topological polar surface area (TPSA) is 34.0 Å². The SMILES string of the molecule is CC1(C)CC1NC(=O)c1cc(Br)cn1C1CC1. The molecule has 92 valence electrons. The fourth-order valence-corrected chi connectivity index (χ4v) is 2.67. The second kappa shape index (κ2) is 3.61. The Morgan fingerprint density at radius 1 is 1.53 bits per heavy atom. The van der Waals surface area contributed by atoms with Crippen LogP contribution in [0.4, 0.5) is 0 Å². The van der Waals surface area contributed by atoms with E-state index in [1.807, 2.05) is 12.3 Å². The second-order valence-corrected chi connectivity index (χ2v) is 6.82. The number of nitrogens with one attached hydrogen (secondary N) is 1. The summed E-state index contributed by atoms with van der Waals surface area (Å²) >= 11 is 3.45. The second-order valence-electron chi connectivity index (χ2n) is 5.90. The Labute approximate surface area is 110 Å². The minimum Gasteiger partial charge on any atom is -0.347 e. The van der Waals surface area contributed by atoms with Crippen molar-refractivity contribution in [2.75, 3.05) is 0 Å². The molecule has 1 unspecified atom stereocenters. The lowest BCUT2D eigenvalue weighted by Crippen LogP contribution is -2.30. The standard InChI is InChI=1S/C13H17BrN2O/c1-13(2)6-11(13)15-12(17)10-5-8(14)7-16(10)9-3-4-9/h5,7,9,11H,3-4,6H2,1-2H3,(H,15,17). The third-order valence-corrected chi connectivity index (χ3v) is 4.24. The van der Waals surface area contributed by atoms with Gasteiger partial charge in [0.2, 0.25) is 0 Å². The first-order valence-electron chi connectivity index (χ1n) is 6.15. The smallest absolute Gasteiger partial charge is 0.268 e. The number of rotatable bonds is 3. The Hall–Kier alpha value is -0.770. The summed E-state index contributed by atoms with van der Waals surface area (Å²) in [5.74, 6) is 0.0678. The number of hydrogen-bond donors (Lipinski definition) is 1. The van der Waals surface area contributed by atoms with Gasteiger partial charge in [0.25, 0.3) is 5.91 Å². The van der Waals surface area contributed by atoms with Crippen molar-refractivity contribution in [2.45, 2.75) is 45.2 Å². The van der Waals surface area contributed by atoms with Crippen LogP contribution in [0.2, 0.25) is 0 Å².